The molecule has 0 aliphatic heterocycles. The van der Waals surface area contributed by atoms with E-state index in [4.69, 9.17) is 0 Å². The van der Waals surface area contributed by atoms with Gasteiger partial charge in [0.25, 0.3) is 0 Å². The van der Waals surface area contributed by atoms with Gasteiger partial charge in [0.15, 0.2) is 0 Å². The van der Waals surface area contributed by atoms with E-state index >= 15 is 0 Å². The molecule has 0 aliphatic rings. The third-order valence-corrected chi connectivity index (χ3v) is 7.57. The maximum absolute atomic E-state index is 11.1. The van der Waals surface area contributed by atoms with E-state index in [1.54, 1.807) is 6.08 Å². The van der Waals surface area contributed by atoms with Crippen molar-refractivity contribution in [2.24, 2.45) is 11.3 Å². The Morgan fingerprint density at radius 2 is 1.08 bits per heavy atom. The summed E-state index contributed by atoms with van der Waals surface area (Å²) in [5.74, 6) is -0.0665. The number of unbranched alkanes of at least 4 members (excludes halogenated alkanes) is 11. The Bertz CT molecular complexity index is 492. The van der Waals surface area contributed by atoms with Crippen LogP contribution in [0.2, 0.25) is 0 Å². The maximum Gasteiger partial charge on any atom is 0.0852 e. The second-order valence-corrected chi connectivity index (χ2v) is 12.3. The molecule has 4 unspecified atom stereocenters. The van der Waals surface area contributed by atoms with E-state index in [0.29, 0.717) is 24.7 Å². The van der Waals surface area contributed by atoms with Crippen LogP contribution in [0.4, 0.5) is 0 Å². The number of aliphatic hydroxyl groups is 3. The average Bonchev–Trinajstić information content (AvgIpc) is 2.77. The van der Waals surface area contributed by atoms with Gasteiger partial charge in [0.05, 0.1) is 17.8 Å². The van der Waals surface area contributed by atoms with Gasteiger partial charge < -0.3 is 61.6 Å². The standard InChI is InChI=1S/C31H62O3.2BrH.2H3N/c1-7-9-10-11-12-15-18-21-28(32)23-25-31(34,8-2)27(3)26-29(33)22-19-16-13-14-17-20-24-30(4,5)6;;;;/h8,27-29,32-34H,2,7,9-26H2,1,3-6H3;2*1H;2*1H3. The summed E-state index contributed by atoms with van der Waals surface area (Å²) in [6, 6.07) is 0. The molecule has 5 nitrogen and oxygen atoms in total. The van der Waals surface area contributed by atoms with Crippen LogP contribution in [0.25, 0.3) is 0 Å². The third kappa shape index (κ3) is 28.0. The zero-order chi connectivity index (χ0) is 25.9. The van der Waals surface area contributed by atoms with Gasteiger partial charge in [-0.2, -0.15) is 0 Å². The predicted molar refractivity (Wildman–Crippen MR) is 161 cm³/mol. The van der Waals surface area contributed by atoms with Gasteiger partial charge >= 0.3 is 0 Å². The molecule has 4 atom stereocenters. The monoisotopic (exact) mass is 676 g/mol. The van der Waals surface area contributed by atoms with Crippen LogP contribution in [-0.4, -0.2) is 33.1 Å². The molecule has 0 rings (SSSR count). The first-order valence-electron chi connectivity index (χ1n) is 14.8. The molecular formula is C31H70Br2N2O3. The number of aliphatic hydroxyl groups excluding tert-OH is 2. The summed E-state index contributed by atoms with van der Waals surface area (Å²) >= 11 is 0. The molecule has 0 spiro atoms. The minimum absolute atomic E-state index is 0. The molecule has 0 heterocycles. The summed E-state index contributed by atoms with van der Waals surface area (Å²) in [6.45, 7) is 15.0. The Balaban J connectivity index is -0.000000907. The van der Waals surface area contributed by atoms with Crippen LogP contribution in [0.1, 0.15) is 157 Å². The van der Waals surface area contributed by atoms with Gasteiger partial charge in [0, 0.05) is 0 Å². The summed E-state index contributed by atoms with van der Waals surface area (Å²) in [6.07, 6.45) is 21.6. The second-order valence-electron chi connectivity index (χ2n) is 12.3. The molecule has 0 bridgehead atoms. The van der Waals surface area contributed by atoms with Gasteiger partial charge in [0.1, 0.15) is 0 Å². The van der Waals surface area contributed by atoms with Gasteiger partial charge in [-0.3, -0.25) is 0 Å². The first-order valence-corrected chi connectivity index (χ1v) is 14.8. The predicted octanol–water partition coefficient (Wildman–Crippen LogP) is 3.50. The Kier molecular flexibility index (Phi) is 36.8. The first-order chi connectivity index (χ1) is 16.0. The van der Waals surface area contributed by atoms with Crippen molar-refractivity contribution in [1.29, 1.82) is 0 Å². The van der Waals surface area contributed by atoms with Crippen LogP contribution in [-0.2, 0) is 0 Å². The fraction of sp³-hybridized carbons (Fsp3) is 0.935. The van der Waals surface area contributed by atoms with E-state index in [1.807, 2.05) is 6.92 Å². The number of halogens is 2. The second kappa shape index (κ2) is 29.0. The van der Waals surface area contributed by atoms with E-state index in [1.165, 1.54) is 77.0 Å². The SMILES string of the molecule is C=CC(O)(CCC(O)CCCCCCCCC)C(C)CC(O)CCCCCCCCC(C)(C)C.[Br-].[Br-].[NH4+].[NH4+]. The Morgan fingerprint density at radius 1 is 0.658 bits per heavy atom. The molecule has 38 heavy (non-hydrogen) atoms. The lowest BCUT2D eigenvalue weighted by molar-refractivity contribution is -0.00942. The topological polar surface area (TPSA) is 134 Å². The molecule has 7 heteroatoms. The third-order valence-electron chi connectivity index (χ3n) is 7.57. The Morgan fingerprint density at radius 3 is 1.53 bits per heavy atom. The van der Waals surface area contributed by atoms with Crippen LogP contribution in [0.5, 0.6) is 0 Å². The smallest absolute Gasteiger partial charge is 0.0852 e. The van der Waals surface area contributed by atoms with Crippen molar-refractivity contribution in [3.05, 3.63) is 12.7 Å². The van der Waals surface area contributed by atoms with E-state index in [2.05, 4.69) is 34.3 Å². The maximum atomic E-state index is 11.1. The van der Waals surface area contributed by atoms with Crippen LogP contribution >= 0.6 is 0 Å². The Hall–Kier alpha value is 0.500. The van der Waals surface area contributed by atoms with E-state index < -0.39 is 5.60 Å². The number of quaternary nitrogens is 2. The van der Waals surface area contributed by atoms with Crippen molar-refractivity contribution in [2.45, 2.75) is 174 Å². The molecule has 0 saturated heterocycles. The van der Waals surface area contributed by atoms with Gasteiger partial charge in [-0.25, -0.2) is 0 Å². The van der Waals surface area contributed by atoms with E-state index in [9.17, 15) is 15.3 Å². The molecule has 0 amide bonds. The highest BCUT2D eigenvalue weighted by Crippen LogP contribution is 2.30. The molecular weight excluding hydrogens is 608 g/mol. The van der Waals surface area contributed by atoms with Crippen LogP contribution < -0.4 is 46.3 Å². The minimum atomic E-state index is -1.02. The summed E-state index contributed by atoms with van der Waals surface area (Å²) in [5.41, 5.74) is -0.574. The summed E-state index contributed by atoms with van der Waals surface area (Å²) in [4.78, 5) is 0. The normalized spacial score (nSPS) is 14.9. The van der Waals surface area contributed by atoms with Gasteiger partial charge in [-0.15, -0.1) is 6.58 Å². The fourth-order valence-electron chi connectivity index (χ4n) is 4.90. The lowest BCUT2D eigenvalue weighted by atomic mass is 9.80. The van der Waals surface area contributed by atoms with Crippen LogP contribution in [0.3, 0.4) is 0 Å². The number of hydrogen-bond acceptors (Lipinski definition) is 3. The zero-order valence-electron chi connectivity index (χ0n) is 26.5. The minimum Gasteiger partial charge on any atom is -1.00 e. The summed E-state index contributed by atoms with van der Waals surface area (Å²) < 4.78 is 0. The summed E-state index contributed by atoms with van der Waals surface area (Å²) in [5, 5.41) is 32.0. The lowest BCUT2D eigenvalue weighted by Gasteiger charge is -2.33. The van der Waals surface area contributed by atoms with Crippen LogP contribution in [0, 0.1) is 11.3 Å². The highest BCUT2D eigenvalue weighted by atomic mass is 79.9. The molecule has 0 aromatic heterocycles. The van der Waals surface area contributed by atoms with Crippen molar-refractivity contribution in [1.82, 2.24) is 12.3 Å². The zero-order valence-corrected chi connectivity index (χ0v) is 29.7. The highest BCUT2D eigenvalue weighted by molar-refractivity contribution is 5.00. The summed E-state index contributed by atoms with van der Waals surface area (Å²) in [7, 11) is 0. The molecule has 0 aromatic rings. The molecule has 0 fully saturated rings. The molecule has 11 N–H and O–H groups in total. The largest absolute Gasteiger partial charge is 1.00 e. The van der Waals surface area contributed by atoms with Gasteiger partial charge in [-0.1, -0.05) is 124 Å². The molecule has 0 aliphatic carbocycles. The quantitative estimate of drug-likeness (QED) is 0.0837. The molecule has 0 saturated carbocycles. The molecule has 0 aromatic carbocycles. The van der Waals surface area contributed by atoms with E-state index in [-0.39, 0.29) is 64.4 Å². The van der Waals surface area contributed by atoms with Gasteiger partial charge in [0.2, 0.25) is 0 Å². The number of hydrogen-bond donors (Lipinski definition) is 5. The van der Waals surface area contributed by atoms with E-state index in [0.717, 1.165) is 25.7 Å². The Labute approximate surface area is 259 Å². The highest BCUT2D eigenvalue weighted by Gasteiger charge is 2.32. The lowest BCUT2D eigenvalue weighted by Crippen LogP contribution is -3.00. The van der Waals surface area contributed by atoms with Crippen molar-refractivity contribution in [3.63, 3.8) is 0 Å². The van der Waals surface area contributed by atoms with Crippen molar-refractivity contribution in [2.75, 3.05) is 0 Å². The number of rotatable bonds is 23. The van der Waals surface area contributed by atoms with Crippen molar-refractivity contribution in [3.8, 4) is 0 Å². The van der Waals surface area contributed by atoms with Crippen molar-refractivity contribution < 1.29 is 49.3 Å². The molecule has 0 radical (unpaired) electrons. The first kappa shape index (κ1) is 48.2. The van der Waals surface area contributed by atoms with Crippen molar-refractivity contribution >= 4 is 0 Å². The fourth-order valence-corrected chi connectivity index (χ4v) is 4.90. The van der Waals surface area contributed by atoms with Crippen LogP contribution in [0.15, 0.2) is 12.7 Å². The molecule has 236 valence electrons. The average molecular weight is 679 g/mol. The van der Waals surface area contributed by atoms with Gasteiger partial charge in [-0.05, 0) is 49.9 Å².